The lowest BCUT2D eigenvalue weighted by Crippen LogP contribution is -2.31. The summed E-state index contributed by atoms with van der Waals surface area (Å²) in [6, 6.07) is 26.2. The van der Waals surface area contributed by atoms with E-state index in [0.717, 1.165) is 16.7 Å². The number of hydrogen-bond acceptors (Lipinski definition) is 8. The third kappa shape index (κ3) is 6.65. The third-order valence-corrected chi connectivity index (χ3v) is 6.84. The Balaban J connectivity index is 1.13. The molecule has 0 unspecified atom stereocenters. The summed E-state index contributed by atoms with van der Waals surface area (Å²) >= 11 is 0. The van der Waals surface area contributed by atoms with E-state index in [1.54, 1.807) is 73.8 Å². The van der Waals surface area contributed by atoms with Crippen molar-refractivity contribution in [2.45, 2.75) is 19.8 Å². The van der Waals surface area contributed by atoms with E-state index >= 15 is 0 Å². The largest absolute Gasteiger partial charge is 0.497 e. The van der Waals surface area contributed by atoms with Crippen LogP contribution in [0.15, 0.2) is 91.0 Å². The predicted octanol–water partition coefficient (Wildman–Crippen LogP) is 5.33. The smallest absolute Gasteiger partial charge is 0.413 e. The van der Waals surface area contributed by atoms with E-state index in [1.165, 1.54) is 12.0 Å². The Kier molecular flexibility index (Phi) is 8.66. The zero-order valence-corrected chi connectivity index (χ0v) is 23.6. The van der Waals surface area contributed by atoms with E-state index in [9.17, 15) is 14.4 Å². The number of amidine groups is 1. The molecule has 5 rings (SSSR count). The van der Waals surface area contributed by atoms with Gasteiger partial charge in [0.15, 0.2) is 11.5 Å². The quantitative estimate of drug-likeness (QED) is 0.148. The number of nitrogens with zero attached hydrogens (tertiary/aromatic N) is 1. The molecule has 1 aliphatic heterocycles. The molecule has 0 aromatic heterocycles. The molecule has 4 aromatic carbocycles. The molecule has 1 aliphatic rings. The number of rotatable bonds is 10. The maximum absolute atomic E-state index is 12.6. The minimum atomic E-state index is -0.758. The van der Waals surface area contributed by atoms with E-state index in [-0.39, 0.29) is 37.4 Å². The number of hydrogen-bond donors (Lipinski definition) is 2. The molecule has 0 radical (unpaired) electrons. The second-order valence-electron chi connectivity index (χ2n) is 9.64. The molecule has 0 saturated heterocycles. The number of carbonyl (C=O) groups excluding carboxylic acids is 3. The van der Waals surface area contributed by atoms with Gasteiger partial charge in [0.2, 0.25) is 0 Å². The van der Waals surface area contributed by atoms with Crippen molar-refractivity contribution < 1.29 is 33.3 Å². The third-order valence-electron chi connectivity index (χ3n) is 6.84. The number of fused-ring (bicyclic) bond motifs is 1. The maximum atomic E-state index is 12.6. The van der Waals surface area contributed by atoms with Crippen molar-refractivity contribution in [2.75, 3.05) is 14.2 Å². The van der Waals surface area contributed by atoms with Gasteiger partial charge >= 0.3 is 6.09 Å². The van der Waals surface area contributed by atoms with Gasteiger partial charge in [-0.15, -0.1) is 0 Å². The SMILES string of the molecule is COc1ccc(COC(=O)NC(=N)c2ccc(OCc3ccc(CN4C(=O)c5ccccc5C4=O)cc3)c(OC)c2)cc1. The molecule has 10 heteroatoms. The summed E-state index contributed by atoms with van der Waals surface area (Å²) in [5, 5.41) is 10.7. The van der Waals surface area contributed by atoms with Crippen LogP contribution in [0.1, 0.15) is 43.0 Å². The standard InChI is InChI=1S/C33H29N3O7/c1-40-25-14-11-23(12-15-25)20-43-33(39)35-30(34)24-13-16-28(29(17-24)41-2)42-19-22-9-7-21(8-10-22)18-36-31(37)26-5-3-4-6-27(26)32(36)38/h3-17H,18-20H2,1-2H3,(H2,34,35,39). The minimum absolute atomic E-state index is 0.0446. The van der Waals surface area contributed by atoms with Crippen molar-refractivity contribution in [3.8, 4) is 17.2 Å². The molecular weight excluding hydrogens is 550 g/mol. The minimum Gasteiger partial charge on any atom is -0.497 e. The molecule has 0 spiro atoms. The molecular formula is C33H29N3O7. The molecule has 1 heterocycles. The van der Waals surface area contributed by atoms with Gasteiger partial charge in [-0.05, 0) is 59.2 Å². The first kappa shape index (κ1) is 28.9. The van der Waals surface area contributed by atoms with Crippen molar-refractivity contribution in [1.82, 2.24) is 10.2 Å². The molecule has 2 N–H and O–H groups in total. The molecule has 0 atom stereocenters. The lowest BCUT2D eigenvalue weighted by Gasteiger charge is -2.15. The Morgan fingerprint density at radius 3 is 1.98 bits per heavy atom. The van der Waals surface area contributed by atoms with Crippen molar-refractivity contribution in [1.29, 1.82) is 5.41 Å². The van der Waals surface area contributed by atoms with Crippen LogP contribution in [-0.4, -0.2) is 42.9 Å². The van der Waals surface area contributed by atoms with Crippen LogP contribution in [0, 0.1) is 5.41 Å². The van der Waals surface area contributed by atoms with Crippen LogP contribution in [-0.2, 0) is 24.5 Å². The van der Waals surface area contributed by atoms with Crippen molar-refractivity contribution in [3.63, 3.8) is 0 Å². The van der Waals surface area contributed by atoms with Gasteiger partial charge < -0.3 is 18.9 Å². The van der Waals surface area contributed by atoms with Crippen LogP contribution in [0.3, 0.4) is 0 Å². The maximum Gasteiger partial charge on any atom is 0.413 e. The van der Waals surface area contributed by atoms with Crippen molar-refractivity contribution >= 4 is 23.7 Å². The van der Waals surface area contributed by atoms with Gasteiger partial charge in [-0.1, -0.05) is 48.5 Å². The summed E-state index contributed by atoms with van der Waals surface area (Å²) < 4.78 is 21.7. The number of imide groups is 1. The second-order valence-corrected chi connectivity index (χ2v) is 9.64. The highest BCUT2D eigenvalue weighted by molar-refractivity contribution is 6.21. The first-order valence-electron chi connectivity index (χ1n) is 13.4. The Hall–Kier alpha value is -5.64. The lowest BCUT2D eigenvalue weighted by atomic mass is 10.1. The van der Waals surface area contributed by atoms with Gasteiger partial charge in [-0.25, -0.2) is 4.79 Å². The van der Waals surface area contributed by atoms with Crippen molar-refractivity contribution in [3.05, 3.63) is 124 Å². The zero-order valence-electron chi connectivity index (χ0n) is 23.6. The Morgan fingerprint density at radius 2 is 1.35 bits per heavy atom. The monoisotopic (exact) mass is 579 g/mol. The Bertz CT molecular complexity index is 1630. The van der Waals surface area contributed by atoms with Gasteiger partial charge in [0, 0.05) is 5.56 Å². The fraction of sp³-hybridized carbons (Fsp3) is 0.152. The fourth-order valence-corrected chi connectivity index (χ4v) is 4.49. The number of alkyl carbamates (subject to hydrolysis) is 1. The summed E-state index contributed by atoms with van der Waals surface area (Å²) in [4.78, 5) is 38.8. The number of nitrogens with one attached hydrogen (secondary N) is 2. The lowest BCUT2D eigenvalue weighted by molar-refractivity contribution is 0.0642. The number of carbonyl (C=O) groups is 3. The average Bonchev–Trinajstić information content (AvgIpc) is 3.28. The van der Waals surface area contributed by atoms with E-state index < -0.39 is 6.09 Å². The van der Waals surface area contributed by atoms with E-state index in [0.29, 0.717) is 33.9 Å². The number of ether oxygens (including phenoxy) is 4. The molecule has 0 bridgehead atoms. The Morgan fingerprint density at radius 1 is 0.744 bits per heavy atom. The highest BCUT2D eigenvalue weighted by Gasteiger charge is 2.34. The predicted molar refractivity (Wildman–Crippen MR) is 158 cm³/mol. The molecule has 0 fully saturated rings. The van der Waals surface area contributed by atoms with Crippen LogP contribution in [0.2, 0.25) is 0 Å². The van der Waals surface area contributed by atoms with E-state index in [2.05, 4.69) is 5.32 Å². The highest BCUT2D eigenvalue weighted by atomic mass is 16.5. The Labute approximate surface area is 248 Å². The number of benzene rings is 4. The summed E-state index contributed by atoms with van der Waals surface area (Å²) in [5.74, 6) is 0.800. The van der Waals surface area contributed by atoms with Gasteiger partial charge in [0.1, 0.15) is 24.8 Å². The molecule has 0 aliphatic carbocycles. The first-order valence-corrected chi connectivity index (χ1v) is 13.4. The van der Waals surface area contributed by atoms with Crippen LogP contribution in [0.5, 0.6) is 17.2 Å². The van der Waals surface area contributed by atoms with Crippen LogP contribution in [0.25, 0.3) is 0 Å². The summed E-state index contributed by atoms with van der Waals surface area (Å²) in [6.07, 6.45) is -0.758. The summed E-state index contributed by atoms with van der Waals surface area (Å²) in [7, 11) is 3.06. The average molecular weight is 580 g/mol. The van der Waals surface area contributed by atoms with Gasteiger partial charge in [0.25, 0.3) is 11.8 Å². The number of amides is 3. The first-order chi connectivity index (χ1) is 20.9. The van der Waals surface area contributed by atoms with Gasteiger partial charge in [-0.2, -0.15) is 0 Å². The highest BCUT2D eigenvalue weighted by Crippen LogP contribution is 2.29. The molecule has 3 amide bonds. The van der Waals surface area contributed by atoms with E-state index in [1.807, 2.05) is 24.3 Å². The van der Waals surface area contributed by atoms with E-state index in [4.69, 9.17) is 24.4 Å². The van der Waals surface area contributed by atoms with Crippen LogP contribution >= 0.6 is 0 Å². The summed E-state index contributed by atoms with van der Waals surface area (Å²) in [6.45, 7) is 0.455. The van der Waals surface area contributed by atoms with Gasteiger partial charge in [-0.3, -0.25) is 25.2 Å². The molecule has 4 aromatic rings. The summed E-state index contributed by atoms with van der Waals surface area (Å²) in [5.41, 5.74) is 3.72. The molecule has 0 saturated carbocycles. The van der Waals surface area contributed by atoms with Crippen molar-refractivity contribution in [2.24, 2.45) is 0 Å². The molecule has 218 valence electrons. The molecule has 43 heavy (non-hydrogen) atoms. The van der Waals surface area contributed by atoms with Crippen LogP contribution < -0.4 is 19.5 Å². The second kappa shape index (κ2) is 12.9. The fourth-order valence-electron chi connectivity index (χ4n) is 4.49. The number of methoxy groups -OCH3 is 2. The zero-order chi connectivity index (χ0) is 30.3. The normalized spacial score (nSPS) is 12.0. The topological polar surface area (TPSA) is 127 Å². The molecule has 10 nitrogen and oxygen atoms in total. The van der Waals surface area contributed by atoms with Crippen LogP contribution in [0.4, 0.5) is 4.79 Å². The van der Waals surface area contributed by atoms with Gasteiger partial charge in [0.05, 0.1) is 31.9 Å².